The SMILES string of the molecule is COc1cccc(-c2nc([C@@H]3CCCN(C(=O)Nc4cccc(CO)c4)C3)n3ccccc23)c1. The smallest absolute Gasteiger partial charge is 0.321 e. The van der Waals surface area contributed by atoms with E-state index >= 15 is 0 Å². The van der Waals surface area contributed by atoms with Crippen LogP contribution in [0.3, 0.4) is 0 Å². The number of amides is 2. The van der Waals surface area contributed by atoms with E-state index < -0.39 is 0 Å². The monoisotopic (exact) mass is 456 g/mol. The van der Waals surface area contributed by atoms with Gasteiger partial charge in [-0.15, -0.1) is 0 Å². The van der Waals surface area contributed by atoms with Crippen molar-refractivity contribution in [3.05, 3.63) is 84.3 Å². The number of imidazole rings is 1. The highest BCUT2D eigenvalue weighted by Crippen LogP contribution is 2.33. The third kappa shape index (κ3) is 4.34. The van der Waals surface area contributed by atoms with Crippen LogP contribution in [0.4, 0.5) is 10.5 Å². The number of methoxy groups -OCH3 is 1. The van der Waals surface area contributed by atoms with Gasteiger partial charge in [-0.05, 0) is 54.8 Å². The lowest BCUT2D eigenvalue weighted by molar-refractivity contribution is 0.191. The topological polar surface area (TPSA) is 79.1 Å². The lowest BCUT2D eigenvalue weighted by Gasteiger charge is -2.32. The first-order valence-corrected chi connectivity index (χ1v) is 11.5. The Bertz CT molecular complexity index is 1320. The van der Waals surface area contributed by atoms with Crippen LogP contribution in [0.2, 0.25) is 0 Å². The average molecular weight is 457 g/mol. The van der Waals surface area contributed by atoms with Crippen molar-refractivity contribution >= 4 is 17.2 Å². The Balaban J connectivity index is 1.42. The molecular formula is C27H28N4O3. The Labute approximate surface area is 198 Å². The molecule has 2 amide bonds. The number of aromatic nitrogens is 2. The number of carbonyl (C=O) groups is 1. The van der Waals surface area contributed by atoms with Crippen LogP contribution in [-0.4, -0.2) is 45.6 Å². The number of piperidine rings is 1. The standard InChI is InChI=1S/C27H28N4O3/c1-34-23-11-5-8-20(16-23)25-24-12-2-3-14-31(24)26(29-25)21-9-6-13-30(17-21)27(33)28-22-10-4-7-19(15-22)18-32/h2-5,7-8,10-12,14-16,21,32H,6,9,13,17-18H2,1H3,(H,28,33)/t21-/m1/s1. The van der Waals surface area contributed by atoms with Gasteiger partial charge < -0.3 is 24.5 Å². The van der Waals surface area contributed by atoms with Crippen molar-refractivity contribution in [3.63, 3.8) is 0 Å². The molecule has 3 heterocycles. The lowest BCUT2D eigenvalue weighted by Crippen LogP contribution is -2.42. The molecular weight excluding hydrogens is 428 g/mol. The van der Waals surface area contributed by atoms with Crippen LogP contribution >= 0.6 is 0 Å². The number of urea groups is 1. The number of fused-ring (bicyclic) bond motifs is 1. The van der Waals surface area contributed by atoms with Crippen LogP contribution in [0.25, 0.3) is 16.8 Å². The fourth-order valence-electron chi connectivity index (χ4n) is 4.65. The summed E-state index contributed by atoms with van der Waals surface area (Å²) in [5.74, 6) is 1.88. The molecule has 1 aliphatic rings. The summed E-state index contributed by atoms with van der Waals surface area (Å²) in [7, 11) is 1.66. The molecule has 0 bridgehead atoms. The Hall–Kier alpha value is -3.84. The first-order valence-electron chi connectivity index (χ1n) is 11.5. The highest BCUT2D eigenvalue weighted by molar-refractivity contribution is 5.89. The molecule has 2 aromatic heterocycles. The molecule has 34 heavy (non-hydrogen) atoms. The van der Waals surface area contributed by atoms with Gasteiger partial charge >= 0.3 is 6.03 Å². The van der Waals surface area contributed by atoms with Crippen molar-refractivity contribution in [3.8, 4) is 17.0 Å². The van der Waals surface area contributed by atoms with E-state index in [1.807, 2.05) is 65.7 Å². The van der Waals surface area contributed by atoms with Crippen molar-refractivity contribution in [1.29, 1.82) is 0 Å². The maximum absolute atomic E-state index is 13.0. The van der Waals surface area contributed by atoms with Gasteiger partial charge in [0.1, 0.15) is 11.6 Å². The number of rotatable bonds is 5. The van der Waals surface area contributed by atoms with Crippen LogP contribution < -0.4 is 10.1 Å². The van der Waals surface area contributed by atoms with Crippen LogP contribution in [0.15, 0.2) is 72.9 Å². The number of nitrogens with one attached hydrogen (secondary N) is 1. The van der Waals surface area contributed by atoms with Crippen molar-refractivity contribution in [2.24, 2.45) is 0 Å². The number of carbonyl (C=O) groups excluding carboxylic acids is 1. The van der Waals surface area contributed by atoms with E-state index in [-0.39, 0.29) is 18.6 Å². The molecule has 1 fully saturated rings. The van der Waals surface area contributed by atoms with Crippen molar-refractivity contribution in [1.82, 2.24) is 14.3 Å². The van der Waals surface area contributed by atoms with Crippen LogP contribution in [0.1, 0.15) is 30.1 Å². The maximum Gasteiger partial charge on any atom is 0.321 e. The predicted molar refractivity (Wildman–Crippen MR) is 132 cm³/mol. The minimum absolute atomic E-state index is 0.0575. The molecule has 2 aromatic carbocycles. The molecule has 5 rings (SSSR count). The molecule has 0 unspecified atom stereocenters. The highest BCUT2D eigenvalue weighted by atomic mass is 16.5. The Morgan fingerprint density at radius 1 is 1.15 bits per heavy atom. The van der Waals surface area contributed by atoms with Gasteiger partial charge in [-0.25, -0.2) is 9.78 Å². The van der Waals surface area contributed by atoms with Gasteiger partial charge in [0.25, 0.3) is 0 Å². The number of likely N-dealkylation sites (tertiary alicyclic amines) is 1. The summed E-state index contributed by atoms with van der Waals surface area (Å²) < 4.78 is 7.56. The van der Waals surface area contributed by atoms with E-state index in [1.165, 1.54) is 0 Å². The zero-order valence-corrected chi connectivity index (χ0v) is 19.1. The number of benzene rings is 2. The molecule has 1 atom stereocenters. The number of anilines is 1. The largest absolute Gasteiger partial charge is 0.497 e. The van der Waals surface area contributed by atoms with E-state index in [9.17, 15) is 9.90 Å². The van der Waals surface area contributed by atoms with Crippen LogP contribution in [-0.2, 0) is 6.61 Å². The van der Waals surface area contributed by atoms with E-state index in [2.05, 4.69) is 15.8 Å². The third-order valence-corrected chi connectivity index (χ3v) is 6.35. The van der Waals surface area contributed by atoms with E-state index in [1.54, 1.807) is 13.2 Å². The third-order valence-electron chi connectivity index (χ3n) is 6.35. The predicted octanol–water partition coefficient (Wildman–Crippen LogP) is 4.91. The summed E-state index contributed by atoms with van der Waals surface area (Å²) in [6.45, 7) is 1.24. The number of aliphatic hydroxyl groups is 1. The van der Waals surface area contributed by atoms with Gasteiger partial charge in [-0.1, -0.05) is 30.3 Å². The minimum Gasteiger partial charge on any atom is -0.497 e. The summed E-state index contributed by atoms with van der Waals surface area (Å²) >= 11 is 0. The summed E-state index contributed by atoms with van der Waals surface area (Å²) in [6.07, 6.45) is 3.92. The van der Waals surface area contributed by atoms with Gasteiger partial charge in [0.2, 0.25) is 0 Å². The number of hydrogen-bond acceptors (Lipinski definition) is 4. The fourth-order valence-corrected chi connectivity index (χ4v) is 4.65. The summed E-state index contributed by atoms with van der Waals surface area (Å²) in [6, 6.07) is 21.2. The molecule has 0 radical (unpaired) electrons. The van der Waals surface area contributed by atoms with Gasteiger partial charge in [-0.3, -0.25) is 0 Å². The molecule has 1 saturated heterocycles. The Morgan fingerprint density at radius 2 is 2.03 bits per heavy atom. The number of pyridine rings is 1. The first-order chi connectivity index (χ1) is 16.7. The fraction of sp³-hybridized carbons (Fsp3) is 0.259. The minimum atomic E-state index is -0.131. The molecule has 0 aliphatic carbocycles. The zero-order valence-electron chi connectivity index (χ0n) is 19.1. The first kappa shape index (κ1) is 22.0. The van der Waals surface area contributed by atoms with Crippen molar-refractivity contribution in [2.75, 3.05) is 25.5 Å². The van der Waals surface area contributed by atoms with Gasteiger partial charge in [0, 0.05) is 36.5 Å². The zero-order chi connectivity index (χ0) is 23.5. The van der Waals surface area contributed by atoms with E-state index in [4.69, 9.17) is 9.72 Å². The van der Waals surface area contributed by atoms with Crippen molar-refractivity contribution < 1.29 is 14.6 Å². The van der Waals surface area contributed by atoms with Crippen LogP contribution in [0, 0.1) is 0 Å². The second-order valence-electron chi connectivity index (χ2n) is 8.58. The number of nitrogens with zero attached hydrogens (tertiary/aromatic N) is 3. The summed E-state index contributed by atoms with van der Waals surface area (Å²) in [5, 5.41) is 12.3. The molecule has 7 nitrogen and oxygen atoms in total. The Morgan fingerprint density at radius 3 is 2.88 bits per heavy atom. The molecule has 174 valence electrons. The van der Waals surface area contributed by atoms with Crippen LogP contribution in [0.5, 0.6) is 5.75 Å². The molecule has 4 aromatic rings. The summed E-state index contributed by atoms with van der Waals surface area (Å²) in [5.41, 5.74) is 4.40. The second kappa shape index (κ2) is 9.57. The molecule has 1 aliphatic heterocycles. The molecule has 2 N–H and O–H groups in total. The highest BCUT2D eigenvalue weighted by Gasteiger charge is 2.28. The lowest BCUT2D eigenvalue weighted by atomic mass is 9.97. The normalized spacial score (nSPS) is 15.9. The average Bonchev–Trinajstić information content (AvgIpc) is 3.29. The molecule has 7 heteroatoms. The summed E-state index contributed by atoms with van der Waals surface area (Å²) in [4.78, 5) is 20.0. The van der Waals surface area contributed by atoms with Gasteiger partial charge in [0.15, 0.2) is 0 Å². The Kier molecular flexibility index (Phi) is 6.18. The van der Waals surface area contributed by atoms with Gasteiger partial charge in [0.05, 0.1) is 24.9 Å². The van der Waals surface area contributed by atoms with Crippen molar-refractivity contribution in [2.45, 2.75) is 25.4 Å². The number of hydrogen-bond donors (Lipinski definition) is 2. The van der Waals surface area contributed by atoms with Gasteiger partial charge in [-0.2, -0.15) is 0 Å². The number of ether oxygens (including phenoxy) is 1. The number of aliphatic hydroxyl groups excluding tert-OH is 1. The molecule has 0 spiro atoms. The second-order valence-corrected chi connectivity index (χ2v) is 8.58. The molecule has 0 saturated carbocycles. The van der Waals surface area contributed by atoms with E-state index in [0.717, 1.165) is 46.8 Å². The maximum atomic E-state index is 13.0. The quantitative estimate of drug-likeness (QED) is 0.447. The van der Waals surface area contributed by atoms with E-state index in [0.29, 0.717) is 18.8 Å².